The summed E-state index contributed by atoms with van der Waals surface area (Å²) in [6.07, 6.45) is 1.85. The molecule has 0 saturated carbocycles. The lowest BCUT2D eigenvalue weighted by Crippen LogP contribution is -2.53. The van der Waals surface area contributed by atoms with Crippen LogP contribution in [0.25, 0.3) is 0 Å². The first-order valence-electron chi connectivity index (χ1n) is 11.7. The van der Waals surface area contributed by atoms with E-state index in [-0.39, 0.29) is 29.9 Å². The van der Waals surface area contributed by atoms with Gasteiger partial charge in [0.1, 0.15) is 11.4 Å². The molecule has 1 spiro atoms. The van der Waals surface area contributed by atoms with E-state index in [2.05, 4.69) is 0 Å². The van der Waals surface area contributed by atoms with Gasteiger partial charge >= 0.3 is 0 Å². The van der Waals surface area contributed by atoms with Crippen molar-refractivity contribution < 1.29 is 19.1 Å². The van der Waals surface area contributed by atoms with Crippen LogP contribution in [0.3, 0.4) is 0 Å². The predicted octanol–water partition coefficient (Wildman–Crippen LogP) is 3.99. The van der Waals surface area contributed by atoms with E-state index in [1.807, 2.05) is 62.1 Å². The van der Waals surface area contributed by atoms with Crippen LogP contribution in [0, 0.1) is 26.7 Å². The Balaban J connectivity index is 1.25. The predicted molar refractivity (Wildman–Crippen MR) is 126 cm³/mol. The van der Waals surface area contributed by atoms with E-state index in [9.17, 15) is 14.4 Å². The molecule has 1 unspecified atom stereocenters. The molecule has 3 heterocycles. The largest absolute Gasteiger partial charge is 0.486 e. The number of rotatable bonds is 2. The van der Waals surface area contributed by atoms with Crippen molar-refractivity contribution in [1.29, 1.82) is 0 Å². The van der Waals surface area contributed by atoms with Crippen LogP contribution in [0.2, 0.25) is 0 Å². The van der Waals surface area contributed by atoms with Gasteiger partial charge in [0.2, 0.25) is 11.8 Å². The van der Waals surface area contributed by atoms with Crippen molar-refractivity contribution in [2.75, 3.05) is 24.5 Å². The van der Waals surface area contributed by atoms with Crippen LogP contribution < -0.4 is 9.64 Å². The molecule has 2 aromatic rings. The number of anilines is 1. The van der Waals surface area contributed by atoms with E-state index in [1.54, 1.807) is 4.90 Å². The number of ketones is 1. The minimum Gasteiger partial charge on any atom is -0.486 e. The summed E-state index contributed by atoms with van der Waals surface area (Å²) in [5.41, 5.74) is 4.23. The van der Waals surface area contributed by atoms with Gasteiger partial charge in [-0.25, -0.2) is 0 Å². The van der Waals surface area contributed by atoms with E-state index >= 15 is 0 Å². The third kappa shape index (κ3) is 3.81. The molecule has 0 aromatic heterocycles. The Labute approximate surface area is 194 Å². The molecule has 2 amide bonds. The van der Waals surface area contributed by atoms with Crippen LogP contribution in [0.15, 0.2) is 36.4 Å². The SMILES string of the molecule is Cc1ccc(N2CC(C(=O)N3CCC4(CC3)CC(=O)c3ccc(C)c(C)c3O4)CC2=O)cc1. The maximum absolute atomic E-state index is 13.2. The summed E-state index contributed by atoms with van der Waals surface area (Å²) in [5.74, 6) is 0.527. The highest BCUT2D eigenvalue weighted by atomic mass is 16.5. The summed E-state index contributed by atoms with van der Waals surface area (Å²) in [6, 6.07) is 11.7. The fraction of sp³-hybridized carbons (Fsp3) is 0.444. The van der Waals surface area contributed by atoms with Crippen molar-refractivity contribution in [2.45, 2.75) is 52.1 Å². The van der Waals surface area contributed by atoms with Crippen molar-refractivity contribution in [3.8, 4) is 5.75 Å². The minimum absolute atomic E-state index is 0.00524. The zero-order chi connectivity index (χ0) is 23.3. The maximum atomic E-state index is 13.2. The van der Waals surface area contributed by atoms with Gasteiger partial charge in [0.05, 0.1) is 17.9 Å². The van der Waals surface area contributed by atoms with Crippen LogP contribution in [-0.4, -0.2) is 47.7 Å². The summed E-state index contributed by atoms with van der Waals surface area (Å²) in [7, 11) is 0. The summed E-state index contributed by atoms with van der Waals surface area (Å²) >= 11 is 0. The first kappa shape index (κ1) is 21.7. The second kappa shape index (κ2) is 8.01. The number of ether oxygens (including phenoxy) is 1. The van der Waals surface area contributed by atoms with Gasteiger partial charge in [0.15, 0.2) is 5.78 Å². The van der Waals surface area contributed by atoms with Crippen LogP contribution in [0.1, 0.15) is 52.7 Å². The number of nitrogens with zero attached hydrogens (tertiary/aromatic N) is 2. The maximum Gasteiger partial charge on any atom is 0.228 e. The monoisotopic (exact) mass is 446 g/mol. The Hall–Kier alpha value is -3.15. The number of amides is 2. The lowest BCUT2D eigenvalue weighted by Gasteiger charge is -2.44. The topological polar surface area (TPSA) is 66.9 Å². The first-order chi connectivity index (χ1) is 15.8. The van der Waals surface area contributed by atoms with Gasteiger partial charge < -0.3 is 14.5 Å². The van der Waals surface area contributed by atoms with Crippen molar-refractivity contribution in [3.05, 3.63) is 58.7 Å². The molecule has 0 N–H and O–H groups in total. The molecule has 3 aliphatic rings. The molecule has 172 valence electrons. The third-order valence-corrected chi connectivity index (χ3v) is 7.58. The van der Waals surface area contributed by atoms with Crippen LogP contribution in [-0.2, 0) is 9.59 Å². The highest BCUT2D eigenvalue weighted by Gasteiger charge is 2.46. The summed E-state index contributed by atoms with van der Waals surface area (Å²) < 4.78 is 6.48. The molecule has 6 nitrogen and oxygen atoms in total. The molecule has 2 aromatic carbocycles. The molecule has 0 radical (unpaired) electrons. The third-order valence-electron chi connectivity index (χ3n) is 7.58. The second-order valence-electron chi connectivity index (χ2n) is 9.84. The van der Waals surface area contributed by atoms with Crippen molar-refractivity contribution in [1.82, 2.24) is 4.90 Å². The molecule has 6 heteroatoms. The van der Waals surface area contributed by atoms with E-state index in [0.29, 0.717) is 50.2 Å². The number of hydrogen-bond donors (Lipinski definition) is 0. The van der Waals surface area contributed by atoms with Gasteiger partial charge in [-0.2, -0.15) is 0 Å². The van der Waals surface area contributed by atoms with Gasteiger partial charge in [-0.05, 0) is 50.1 Å². The van der Waals surface area contributed by atoms with Crippen LogP contribution in [0.4, 0.5) is 5.69 Å². The highest BCUT2D eigenvalue weighted by Crippen LogP contribution is 2.42. The number of fused-ring (bicyclic) bond motifs is 1. The zero-order valence-electron chi connectivity index (χ0n) is 19.5. The smallest absolute Gasteiger partial charge is 0.228 e. The lowest BCUT2D eigenvalue weighted by atomic mass is 9.81. The normalized spacial score (nSPS) is 21.8. The standard InChI is InChI=1S/C27H30N2O4/c1-17-4-7-21(8-5-17)29-16-20(14-24(29)31)26(32)28-12-10-27(11-13-28)15-23(30)22-9-6-18(2)19(3)25(22)33-27/h4-9,20H,10-16H2,1-3H3. The number of piperidine rings is 1. The summed E-state index contributed by atoms with van der Waals surface area (Å²) in [4.78, 5) is 42.3. The van der Waals surface area contributed by atoms with E-state index in [0.717, 1.165) is 22.4 Å². The Morgan fingerprint density at radius 1 is 1.00 bits per heavy atom. The molecule has 33 heavy (non-hydrogen) atoms. The number of Topliss-reactive ketones (excluding diaryl/α,β-unsaturated/α-hetero) is 1. The van der Waals surface area contributed by atoms with Gasteiger partial charge in [-0.3, -0.25) is 14.4 Å². The van der Waals surface area contributed by atoms with E-state index < -0.39 is 5.60 Å². The van der Waals surface area contributed by atoms with Crippen LogP contribution >= 0.6 is 0 Å². The van der Waals surface area contributed by atoms with Gasteiger partial charge in [0, 0.05) is 44.6 Å². The Kier molecular flexibility index (Phi) is 5.26. The Morgan fingerprint density at radius 3 is 2.39 bits per heavy atom. The number of carbonyl (C=O) groups excluding carboxylic acids is 3. The number of likely N-dealkylation sites (tertiary alicyclic amines) is 1. The van der Waals surface area contributed by atoms with Gasteiger partial charge in [-0.15, -0.1) is 0 Å². The molecule has 1 atom stereocenters. The molecule has 5 rings (SSSR count). The Bertz CT molecular complexity index is 1130. The number of aryl methyl sites for hydroxylation is 2. The summed E-state index contributed by atoms with van der Waals surface area (Å²) in [6.45, 7) is 7.53. The molecule has 2 fully saturated rings. The van der Waals surface area contributed by atoms with Crippen molar-refractivity contribution >= 4 is 23.3 Å². The fourth-order valence-electron chi connectivity index (χ4n) is 5.30. The van der Waals surface area contributed by atoms with E-state index in [4.69, 9.17) is 4.74 Å². The number of hydrogen-bond acceptors (Lipinski definition) is 4. The minimum atomic E-state index is -0.543. The van der Waals surface area contributed by atoms with Crippen molar-refractivity contribution in [2.24, 2.45) is 5.92 Å². The number of carbonyl (C=O) groups is 3. The average Bonchev–Trinajstić information content (AvgIpc) is 3.19. The van der Waals surface area contributed by atoms with Crippen LogP contribution in [0.5, 0.6) is 5.75 Å². The molecular weight excluding hydrogens is 416 g/mol. The van der Waals surface area contributed by atoms with Crippen molar-refractivity contribution in [3.63, 3.8) is 0 Å². The zero-order valence-corrected chi connectivity index (χ0v) is 19.5. The molecule has 3 aliphatic heterocycles. The average molecular weight is 447 g/mol. The van der Waals surface area contributed by atoms with E-state index in [1.165, 1.54) is 0 Å². The molecular formula is C27H30N2O4. The highest BCUT2D eigenvalue weighted by molar-refractivity contribution is 6.01. The molecule has 0 bridgehead atoms. The number of benzene rings is 2. The van der Waals surface area contributed by atoms with Gasteiger partial charge in [-0.1, -0.05) is 23.8 Å². The molecule has 0 aliphatic carbocycles. The first-order valence-corrected chi connectivity index (χ1v) is 11.7. The quantitative estimate of drug-likeness (QED) is 0.700. The fourth-order valence-corrected chi connectivity index (χ4v) is 5.30. The summed E-state index contributed by atoms with van der Waals surface area (Å²) in [5, 5.41) is 0. The molecule has 2 saturated heterocycles. The second-order valence-corrected chi connectivity index (χ2v) is 9.84. The van der Waals surface area contributed by atoms with Gasteiger partial charge in [0.25, 0.3) is 0 Å². The Morgan fingerprint density at radius 2 is 1.70 bits per heavy atom. The lowest BCUT2D eigenvalue weighted by molar-refractivity contribution is -0.139.